The van der Waals surface area contributed by atoms with Crippen LogP contribution in [-0.2, 0) is 0 Å². The number of hydrogen-bond acceptors (Lipinski definition) is 2. The Kier molecular flexibility index (Phi) is 7.62. The summed E-state index contributed by atoms with van der Waals surface area (Å²) in [5, 5.41) is 2.65. The van der Waals surface area contributed by atoms with Crippen LogP contribution in [0.5, 0.6) is 0 Å². The van der Waals surface area contributed by atoms with Crippen molar-refractivity contribution >= 4 is 33.4 Å². The van der Waals surface area contributed by atoms with E-state index in [-0.39, 0.29) is 17.9 Å². The third-order valence-corrected chi connectivity index (χ3v) is 10.1. The molecule has 228 valence electrons. The first-order chi connectivity index (χ1) is 22.7. The van der Waals surface area contributed by atoms with Gasteiger partial charge in [0.05, 0.1) is 17.8 Å². The minimum Gasteiger partial charge on any atom is -0.333 e. The van der Waals surface area contributed by atoms with E-state index in [1.54, 1.807) is 0 Å². The number of nitrogens with zero attached hydrogens (tertiary/aromatic N) is 3. The number of aliphatic imine (C=N–C) groups is 2. The first kappa shape index (κ1) is 28.7. The Labute approximate surface area is 272 Å². The van der Waals surface area contributed by atoms with E-state index in [1.165, 1.54) is 49.8 Å². The smallest absolute Gasteiger partial charge is 0.131 e. The zero-order valence-electron chi connectivity index (χ0n) is 26.8. The molecule has 3 nitrogen and oxygen atoms in total. The molecular formula is C43H41N3. The van der Waals surface area contributed by atoms with E-state index in [1.807, 2.05) is 0 Å². The molecule has 8 rings (SSSR count). The summed E-state index contributed by atoms with van der Waals surface area (Å²) in [5.41, 5.74) is 8.95. The molecule has 0 amide bonds. The molecule has 0 radical (unpaired) electrons. The highest BCUT2D eigenvalue weighted by Crippen LogP contribution is 2.38. The number of amidine groups is 1. The first-order valence-electron chi connectivity index (χ1n) is 17.0. The number of aromatic nitrogens is 1. The van der Waals surface area contributed by atoms with Crippen molar-refractivity contribution in [2.45, 2.75) is 51.6 Å². The fourth-order valence-electron chi connectivity index (χ4n) is 7.81. The van der Waals surface area contributed by atoms with Gasteiger partial charge in [-0.3, -0.25) is 4.99 Å². The lowest BCUT2D eigenvalue weighted by molar-refractivity contribution is 0.440. The molecule has 2 heterocycles. The van der Waals surface area contributed by atoms with E-state index >= 15 is 0 Å². The molecule has 3 aliphatic carbocycles. The summed E-state index contributed by atoms with van der Waals surface area (Å²) in [6, 6.07) is 28.7. The molecule has 0 bridgehead atoms. The van der Waals surface area contributed by atoms with E-state index in [0.29, 0.717) is 12.0 Å². The van der Waals surface area contributed by atoms with Gasteiger partial charge in [0.15, 0.2) is 0 Å². The number of allylic oxidation sites excluding steroid dienone is 9. The van der Waals surface area contributed by atoms with E-state index < -0.39 is 0 Å². The summed E-state index contributed by atoms with van der Waals surface area (Å²) in [6.07, 6.45) is 25.3. The van der Waals surface area contributed by atoms with Gasteiger partial charge in [0.25, 0.3) is 0 Å². The van der Waals surface area contributed by atoms with Crippen molar-refractivity contribution < 1.29 is 0 Å². The average molecular weight is 600 g/mol. The van der Waals surface area contributed by atoms with Crippen LogP contribution in [0.3, 0.4) is 0 Å². The third-order valence-electron chi connectivity index (χ3n) is 10.1. The van der Waals surface area contributed by atoms with Gasteiger partial charge in [-0.05, 0) is 66.0 Å². The monoisotopic (exact) mass is 599 g/mol. The van der Waals surface area contributed by atoms with Gasteiger partial charge in [-0.1, -0.05) is 135 Å². The second-order valence-corrected chi connectivity index (χ2v) is 13.3. The summed E-state index contributed by atoms with van der Waals surface area (Å²) < 4.78 is 2.51. The van der Waals surface area contributed by atoms with Gasteiger partial charge in [-0.2, -0.15) is 0 Å². The van der Waals surface area contributed by atoms with Crippen molar-refractivity contribution in [1.82, 2.24) is 4.57 Å². The molecule has 0 fully saturated rings. The van der Waals surface area contributed by atoms with Crippen LogP contribution in [0.2, 0.25) is 0 Å². The van der Waals surface area contributed by atoms with Crippen molar-refractivity contribution in [3.05, 3.63) is 156 Å². The predicted octanol–water partition coefficient (Wildman–Crippen LogP) is 10.5. The van der Waals surface area contributed by atoms with Gasteiger partial charge in [0.1, 0.15) is 5.84 Å². The second-order valence-electron chi connectivity index (χ2n) is 13.3. The molecule has 4 unspecified atom stereocenters. The van der Waals surface area contributed by atoms with Crippen molar-refractivity contribution in [3.8, 4) is 0 Å². The van der Waals surface area contributed by atoms with Crippen LogP contribution in [0.15, 0.2) is 160 Å². The van der Waals surface area contributed by atoms with Crippen molar-refractivity contribution in [3.63, 3.8) is 0 Å². The molecule has 3 heteroatoms. The third kappa shape index (κ3) is 5.18. The second kappa shape index (κ2) is 12.2. The highest BCUT2D eigenvalue weighted by atomic mass is 15.0. The molecule has 0 saturated carbocycles. The molecule has 1 aromatic heterocycles. The summed E-state index contributed by atoms with van der Waals surface area (Å²) in [4.78, 5) is 10.8. The number of para-hydroxylation sites is 2. The van der Waals surface area contributed by atoms with Crippen LogP contribution in [0.25, 0.3) is 21.8 Å². The standard InChI is InChI=1S/C43H41N3/c1-29(2)40-41(32-13-5-3-6-14-32)44-43(45-42(40)33-15-7-4-8-16-33)34-23-21-30(22-24-34)31-25-27-35(28-26-31)46-38-19-11-9-17-36(38)37-18-10-12-20-39(37)46/h3,5-7,9-23,25-27,29,34-35,40,42H,4,8,24,28H2,1-2H3. The average Bonchev–Trinajstić information content (AvgIpc) is 3.46. The van der Waals surface area contributed by atoms with Gasteiger partial charge in [-0.25, -0.2) is 4.99 Å². The fraction of sp³-hybridized carbons (Fsp3) is 0.256. The minimum atomic E-state index is 0.0970. The quantitative estimate of drug-likeness (QED) is 0.211. The Morgan fingerprint density at radius 1 is 0.696 bits per heavy atom. The Bertz CT molecular complexity index is 1990. The van der Waals surface area contributed by atoms with E-state index in [4.69, 9.17) is 9.98 Å². The number of rotatable bonds is 6. The zero-order valence-corrected chi connectivity index (χ0v) is 26.8. The minimum absolute atomic E-state index is 0.0970. The van der Waals surface area contributed by atoms with E-state index in [9.17, 15) is 0 Å². The van der Waals surface area contributed by atoms with Crippen molar-refractivity contribution in [2.24, 2.45) is 27.7 Å². The summed E-state index contributed by atoms with van der Waals surface area (Å²) in [7, 11) is 0. The summed E-state index contributed by atoms with van der Waals surface area (Å²) in [5.74, 6) is 1.81. The molecule has 0 saturated heterocycles. The molecular weight excluding hydrogens is 558 g/mol. The molecule has 46 heavy (non-hydrogen) atoms. The lowest BCUT2D eigenvalue weighted by Gasteiger charge is -2.35. The zero-order chi connectivity index (χ0) is 31.0. The van der Waals surface area contributed by atoms with Gasteiger partial charge in [-0.15, -0.1) is 0 Å². The lowest BCUT2D eigenvalue weighted by Crippen LogP contribution is -2.39. The van der Waals surface area contributed by atoms with E-state index in [0.717, 1.165) is 31.5 Å². The van der Waals surface area contributed by atoms with Crippen molar-refractivity contribution in [1.29, 1.82) is 0 Å². The number of benzene rings is 3. The van der Waals surface area contributed by atoms with Crippen LogP contribution in [-0.4, -0.2) is 22.2 Å². The predicted molar refractivity (Wildman–Crippen MR) is 195 cm³/mol. The highest BCUT2D eigenvalue weighted by molar-refractivity contribution is 6.12. The SMILES string of the molecule is CC(C)C1C(c2ccccc2)=NC(C2C=CC(C3=CCC(n4c5ccccc5c5ccccc54)C=C3)=CC2)=NC1C1=CCCC=C1. The molecule has 4 aromatic rings. The maximum absolute atomic E-state index is 5.43. The first-order valence-corrected chi connectivity index (χ1v) is 17.0. The van der Waals surface area contributed by atoms with Gasteiger partial charge < -0.3 is 4.57 Å². The Balaban J connectivity index is 1.06. The Morgan fingerprint density at radius 2 is 1.37 bits per heavy atom. The highest BCUT2D eigenvalue weighted by Gasteiger charge is 2.36. The van der Waals surface area contributed by atoms with Crippen molar-refractivity contribution in [2.75, 3.05) is 0 Å². The Morgan fingerprint density at radius 3 is 1.98 bits per heavy atom. The van der Waals surface area contributed by atoms with Gasteiger partial charge >= 0.3 is 0 Å². The summed E-state index contributed by atoms with van der Waals surface area (Å²) in [6.45, 7) is 4.63. The number of hydrogen-bond donors (Lipinski definition) is 0. The maximum Gasteiger partial charge on any atom is 0.131 e. The van der Waals surface area contributed by atoms with Crippen LogP contribution in [0.4, 0.5) is 0 Å². The maximum atomic E-state index is 5.43. The van der Waals surface area contributed by atoms with Crippen LogP contribution in [0, 0.1) is 17.8 Å². The van der Waals surface area contributed by atoms with Gasteiger partial charge in [0, 0.05) is 33.6 Å². The topological polar surface area (TPSA) is 29.6 Å². The lowest BCUT2D eigenvalue weighted by atomic mass is 9.76. The molecule has 0 spiro atoms. The molecule has 4 atom stereocenters. The summed E-state index contributed by atoms with van der Waals surface area (Å²) >= 11 is 0. The molecule has 4 aliphatic rings. The van der Waals surface area contributed by atoms with Crippen LogP contribution >= 0.6 is 0 Å². The fourth-order valence-corrected chi connectivity index (χ4v) is 7.81. The van der Waals surface area contributed by atoms with Crippen LogP contribution in [0.1, 0.15) is 51.1 Å². The largest absolute Gasteiger partial charge is 0.333 e. The molecule has 3 aromatic carbocycles. The van der Waals surface area contributed by atoms with Crippen LogP contribution < -0.4 is 0 Å². The number of fused-ring (bicyclic) bond motifs is 3. The molecule has 1 aliphatic heterocycles. The normalized spacial score (nSPS) is 24.5. The molecule has 0 N–H and O–H groups in total. The Hall–Kier alpha value is -4.76. The van der Waals surface area contributed by atoms with Gasteiger partial charge in [0.2, 0.25) is 0 Å². The van der Waals surface area contributed by atoms with E-state index in [2.05, 4.69) is 152 Å².